The SMILES string of the molecule is CCN1CC2CCCC(C1)C2N. The number of nitrogens with zero attached hydrogens (tertiary/aromatic N) is 1. The van der Waals surface area contributed by atoms with Gasteiger partial charge in [-0.05, 0) is 31.2 Å². The summed E-state index contributed by atoms with van der Waals surface area (Å²) >= 11 is 0. The van der Waals surface area contributed by atoms with Gasteiger partial charge in [-0.15, -0.1) is 0 Å². The Bertz CT molecular complexity index is 144. The second-order valence-corrected chi connectivity index (χ2v) is 4.38. The van der Waals surface area contributed by atoms with Crippen LogP contribution in [0.25, 0.3) is 0 Å². The third-order valence-corrected chi connectivity index (χ3v) is 3.67. The van der Waals surface area contributed by atoms with Gasteiger partial charge in [-0.2, -0.15) is 0 Å². The van der Waals surface area contributed by atoms with E-state index in [1.165, 1.54) is 38.9 Å². The molecule has 1 heterocycles. The van der Waals surface area contributed by atoms with Crippen molar-refractivity contribution in [2.24, 2.45) is 17.6 Å². The summed E-state index contributed by atoms with van der Waals surface area (Å²) in [5.74, 6) is 1.61. The van der Waals surface area contributed by atoms with Gasteiger partial charge >= 0.3 is 0 Å². The molecule has 1 aliphatic heterocycles. The molecular formula is C10H20N2. The van der Waals surface area contributed by atoms with Crippen LogP contribution in [0.1, 0.15) is 26.2 Å². The molecule has 0 aromatic rings. The van der Waals surface area contributed by atoms with E-state index in [1.807, 2.05) is 0 Å². The highest BCUT2D eigenvalue weighted by Gasteiger charge is 2.36. The van der Waals surface area contributed by atoms with Gasteiger partial charge in [0.05, 0.1) is 0 Å². The highest BCUT2D eigenvalue weighted by Crippen LogP contribution is 2.33. The number of nitrogens with two attached hydrogens (primary N) is 1. The molecule has 2 bridgehead atoms. The van der Waals surface area contributed by atoms with Crippen LogP contribution in [0.2, 0.25) is 0 Å². The van der Waals surface area contributed by atoms with E-state index in [4.69, 9.17) is 5.73 Å². The van der Waals surface area contributed by atoms with Crippen LogP contribution in [-0.2, 0) is 0 Å². The lowest BCUT2D eigenvalue weighted by Crippen LogP contribution is -2.55. The van der Waals surface area contributed by atoms with Crippen molar-refractivity contribution in [2.45, 2.75) is 32.2 Å². The molecule has 2 aliphatic rings. The Hall–Kier alpha value is -0.0800. The minimum atomic E-state index is 0.515. The molecule has 2 nitrogen and oxygen atoms in total. The van der Waals surface area contributed by atoms with Crippen molar-refractivity contribution in [3.05, 3.63) is 0 Å². The summed E-state index contributed by atoms with van der Waals surface area (Å²) < 4.78 is 0. The third kappa shape index (κ3) is 1.38. The minimum Gasteiger partial charge on any atom is -0.327 e. The zero-order valence-electron chi connectivity index (χ0n) is 8.00. The summed E-state index contributed by atoms with van der Waals surface area (Å²) in [4.78, 5) is 2.57. The van der Waals surface area contributed by atoms with Crippen molar-refractivity contribution in [3.63, 3.8) is 0 Å². The largest absolute Gasteiger partial charge is 0.327 e. The van der Waals surface area contributed by atoms with Crippen LogP contribution in [0.15, 0.2) is 0 Å². The number of fused-ring (bicyclic) bond motifs is 2. The number of piperidine rings is 1. The maximum Gasteiger partial charge on any atom is 0.0120 e. The van der Waals surface area contributed by atoms with Crippen molar-refractivity contribution in [1.82, 2.24) is 4.90 Å². The lowest BCUT2D eigenvalue weighted by Gasteiger charge is -2.45. The summed E-state index contributed by atoms with van der Waals surface area (Å²) in [5.41, 5.74) is 6.17. The smallest absolute Gasteiger partial charge is 0.0120 e. The van der Waals surface area contributed by atoms with Gasteiger partial charge in [-0.25, -0.2) is 0 Å². The van der Waals surface area contributed by atoms with Crippen LogP contribution in [0.5, 0.6) is 0 Å². The van der Waals surface area contributed by atoms with E-state index in [0.717, 1.165) is 11.8 Å². The predicted molar refractivity (Wildman–Crippen MR) is 50.9 cm³/mol. The Morgan fingerprint density at radius 2 is 1.83 bits per heavy atom. The monoisotopic (exact) mass is 168 g/mol. The van der Waals surface area contributed by atoms with E-state index < -0.39 is 0 Å². The number of hydrogen-bond acceptors (Lipinski definition) is 2. The highest BCUT2D eigenvalue weighted by molar-refractivity contribution is 4.92. The van der Waals surface area contributed by atoms with Gasteiger partial charge in [0, 0.05) is 19.1 Å². The standard InChI is InChI=1S/C10H20N2/c1-2-12-6-8-4-3-5-9(7-12)10(8)11/h8-10H,2-7,11H2,1H3. The van der Waals surface area contributed by atoms with Crippen LogP contribution >= 0.6 is 0 Å². The van der Waals surface area contributed by atoms with E-state index in [1.54, 1.807) is 0 Å². The van der Waals surface area contributed by atoms with Gasteiger partial charge in [-0.3, -0.25) is 0 Å². The molecule has 1 saturated carbocycles. The summed E-state index contributed by atoms with van der Waals surface area (Å²) in [6.45, 7) is 5.98. The Morgan fingerprint density at radius 1 is 1.25 bits per heavy atom. The van der Waals surface area contributed by atoms with Crippen molar-refractivity contribution < 1.29 is 0 Å². The first kappa shape index (κ1) is 8.52. The molecule has 2 unspecified atom stereocenters. The zero-order chi connectivity index (χ0) is 8.55. The first-order valence-corrected chi connectivity index (χ1v) is 5.29. The van der Waals surface area contributed by atoms with Crippen LogP contribution in [0.4, 0.5) is 0 Å². The van der Waals surface area contributed by atoms with Gasteiger partial charge in [0.15, 0.2) is 0 Å². The van der Waals surface area contributed by atoms with Gasteiger partial charge in [0.25, 0.3) is 0 Å². The Morgan fingerprint density at radius 3 is 2.33 bits per heavy atom. The molecule has 1 aliphatic carbocycles. The maximum absolute atomic E-state index is 6.17. The molecule has 70 valence electrons. The number of hydrogen-bond donors (Lipinski definition) is 1. The van der Waals surface area contributed by atoms with Crippen molar-refractivity contribution in [3.8, 4) is 0 Å². The lowest BCUT2D eigenvalue weighted by atomic mass is 9.74. The summed E-state index contributed by atoms with van der Waals surface area (Å²) in [6.07, 6.45) is 4.16. The van der Waals surface area contributed by atoms with E-state index >= 15 is 0 Å². The molecule has 0 spiro atoms. The summed E-state index contributed by atoms with van der Waals surface area (Å²) in [7, 11) is 0. The van der Waals surface area contributed by atoms with Crippen LogP contribution < -0.4 is 5.73 Å². The average molecular weight is 168 g/mol. The van der Waals surface area contributed by atoms with Gasteiger partial charge in [-0.1, -0.05) is 13.3 Å². The molecule has 2 N–H and O–H groups in total. The third-order valence-electron chi connectivity index (χ3n) is 3.67. The lowest BCUT2D eigenvalue weighted by molar-refractivity contribution is 0.0676. The Balaban J connectivity index is 2.02. The first-order chi connectivity index (χ1) is 5.81. The normalized spacial score (nSPS) is 43.0. The molecule has 0 amide bonds. The van der Waals surface area contributed by atoms with Gasteiger partial charge in [0.1, 0.15) is 0 Å². The molecule has 2 fully saturated rings. The average Bonchev–Trinajstić information content (AvgIpc) is 2.04. The van der Waals surface area contributed by atoms with Crippen molar-refractivity contribution >= 4 is 0 Å². The molecule has 0 radical (unpaired) electrons. The molecule has 1 saturated heterocycles. The molecular weight excluding hydrogens is 148 g/mol. The fourth-order valence-corrected chi connectivity index (χ4v) is 2.83. The highest BCUT2D eigenvalue weighted by atomic mass is 15.1. The Kier molecular flexibility index (Phi) is 2.37. The topological polar surface area (TPSA) is 29.3 Å². The molecule has 0 aromatic carbocycles. The second kappa shape index (κ2) is 3.35. The molecule has 2 atom stereocenters. The fraction of sp³-hybridized carbons (Fsp3) is 1.00. The van der Waals surface area contributed by atoms with E-state index in [-0.39, 0.29) is 0 Å². The van der Waals surface area contributed by atoms with Crippen molar-refractivity contribution in [1.29, 1.82) is 0 Å². The maximum atomic E-state index is 6.17. The molecule has 2 rings (SSSR count). The number of rotatable bonds is 1. The van der Waals surface area contributed by atoms with Crippen LogP contribution in [0, 0.1) is 11.8 Å². The molecule has 12 heavy (non-hydrogen) atoms. The van der Waals surface area contributed by atoms with Gasteiger partial charge in [0.2, 0.25) is 0 Å². The molecule has 2 heteroatoms. The fourth-order valence-electron chi connectivity index (χ4n) is 2.83. The van der Waals surface area contributed by atoms with Crippen LogP contribution in [-0.4, -0.2) is 30.6 Å². The van der Waals surface area contributed by atoms with E-state index in [2.05, 4.69) is 11.8 Å². The van der Waals surface area contributed by atoms with E-state index in [0.29, 0.717) is 6.04 Å². The molecule has 0 aromatic heterocycles. The Labute approximate surface area is 75.1 Å². The predicted octanol–water partition coefficient (Wildman–Crippen LogP) is 1.07. The first-order valence-electron chi connectivity index (χ1n) is 5.29. The summed E-state index contributed by atoms with van der Waals surface area (Å²) in [6, 6.07) is 0.515. The van der Waals surface area contributed by atoms with E-state index in [9.17, 15) is 0 Å². The quantitative estimate of drug-likeness (QED) is 0.634. The second-order valence-electron chi connectivity index (χ2n) is 4.38. The summed E-state index contributed by atoms with van der Waals surface area (Å²) in [5, 5.41) is 0. The van der Waals surface area contributed by atoms with Gasteiger partial charge < -0.3 is 10.6 Å². The number of likely N-dealkylation sites (tertiary alicyclic amines) is 1. The zero-order valence-corrected chi connectivity index (χ0v) is 8.00. The van der Waals surface area contributed by atoms with Crippen molar-refractivity contribution in [2.75, 3.05) is 19.6 Å². The van der Waals surface area contributed by atoms with Crippen LogP contribution in [0.3, 0.4) is 0 Å². The minimum absolute atomic E-state index is 0.515.